The van der Waals surface area contributed by atoms with E-state index < -0.39 is 17.6 Å². The highest BCUT2D eigenvalue weighted by Gasteiger charge is 2.36. The summed E-state index contributed by atoms with van der Waals surface area (Å²) < 4.78 is 13.7. The number of para-hydroxylation sites is 1. The first kappa shape index (κ1) is 19.1. The summed E-state index contributed by atoms with van der Waals surface area (Å²) in [4.78, 5) is 28.8. The minimum atomic E-state index is -0.760. The Hall–Kier alpha value is -3.28. The van der Waals surface area contributed by atoms with Crippen LogP contribution in [0, 0.1) is 5.82 Å². The Morgan fingerprint density at radius 2 is 1.76 bits per heavy atom. The summed E-state index contributed by atoms with van der Waals surface area (Å²) in [7, 11) is 0. The van der Waals surface area contributed by atoms with E-state index in [1.165, 1.54) is 17.8 Å². The van der Waals surface area contributed by atoms with E-state index in [1.54, 1.807) is 18.2 Å². The largest absolute Gasteiger partial charge is 0.347 e. The van der Waals surface area contributed by atoms with E-state index in [0.29, 0.717) is 17.6 Å². The number of benzene rings is 2. The average Bonchev–Trinajstić information content (AvgIpc) is 3.23. The van der Waals surface area contributed by atoms with Crippen molar-refractivity contribution in [1.29, 1.82) is 0 Å². The standard InChI is InChI=1S/C23H22FN3O2/c24-19-10-6-7-16-13-18(14-25-20(16)19)27-22(29)21(28)26-15-23(11-4-5-12-23)17-8-2-1-3-9-17/h1-3,6-10,13-14H,4-5,11-12,15H2,(H,26,28)(H,27,29). The van der Waals surface area contributed by atoms with Crippen LogP contribution >= 0.6 is 0 Å². The van der Waals surface area contributed by atoms with E-state index in [4.69, 9.17) is 0 Å². The van der Waals surface area contributed by atoms with Crippen LogP contribution in [0.5, 0.6) is 0 Å². The molecule has 1 fully saturated rings. The number of carbonyl (C=O) groups excluding carboxylic acids is 2. The number of hydrogen-bond donors (Lipinski definition) is 2. The zero-order valence-corrected chi connectivity index (χ0v) is 16.0. The topological polar surface area (TPSA) is 71.1 Å². The van der Waals surface area contributed by atoms with Gasteiger partial charge in [-0.1, -0.05) is 55.3 Å². The number of halogens is 1. The molecule has 1 aromatic heterocycles. The van der Waals surface area contributed by atoms with Gasteiger partial charge in [0, 0.05) is 17.3 Å². The van der Waals surface area contributed by atoms with Crippen LogP contribution in [-0.4, -0.2) is 23.3 Å². The summed E-state index contributed by atoms with van der Waals surface area (Å²) >= 11 is 0. The lowest BCUT2D eigenvalue weighted by atomic mass is 9.79. The van der Waals surface area contributed by atoms with E-state index in [0.717, 1.165) is 25.7 Å². The molecule has 5 nitrogen and oxygen atoms in total. The van der Waals surface area contributed by atoms with Crippen LogP contribution < -0.4 is 10.6 Å². The van der Waals surface area contributed by atoms with Crippen LogP contribution in [0.25, 0.3) is 10.9 Å². The first-order valence-electron chi connectivity index (χ1n) is 9.76. The maximum Gasteiger partial charge on any atom is 0.313 e. The second kappa shape index (κ2) is 7.99. The van der Waals surface area contributed by atoms with Gasteiger partial charge in [-0.15, -0.1) is 0 Å². The van der Waals surface area contributed by atoms with Crippen molar-refractivity contribution < 1.29 is 14.0 Å². The SMILES string of the molecule is O=C(NCC1(c2ccccc2)CCCC1)C(=O)Nc1cnc2c(F)cccc2c1. The molecule has 1 heterocycles. The second-order valence-corrected chi connectivity index (χ2v) is 7.53. The third kappa shape index (κ3) is 3.97. The van der Waals surface area contributed by atoms with Crippen molar-refractivity contribution in [3.05, 3.63) is 72.2 Å². The maximum atomic E-state index is 13.7. The number of aromatic nitrogens is 1. The van der Waals surface area contributed by atoms with E-state index in [9.17, 15) is 14.0 Å². The van der Waals surface area contributed by atoms with Crippen molar-refractivity contribution in [3.63, 3.8) is 0 Å². The number of amides is 2. The molecular formula is C23H22FN3O2. The molecule has 0 unspecified atom stereocenters. The molecule has 0 saturated heterocycles. The van der Waals surface area contributed by atoms with Crippen molar-refractivity contribution in [2.24, 2.45) is 0 Å². The maximum absolute atomic E-state index is 13.7. The van der Waals surface area contributed by atoms with Crippen LogP contribution in [0.2, 0.25) is 0 Å². The van der Waals surface area contributed by atoms with E-state index >= 15 is 0 Å². The fourth-order valence-electron chi connectivity index (χ4n) is 4.12. The molecule has 1 aliphatic carbocycles. The molecule has 6 heteroatoms. The van der Waals surface area contributed by atoms with Crippen LogP contribution in [-0.2, 0) is 15.0 Å². The zero-order valence-electron chi connectivity index (χ0n) is 16.0. The predicted octanol–water partition coefficient (Wildman–Crippen LogP) is 3.94. The van der Waals surface area contributed by atoms with Crippen molar-refractivity contribution in [2.75, 3.05) is 11.9 Å². The van der Waals surface area contributed by atoms with Gasteiger partial charge in [0.1, 0.15) is 11.3 Å². The van der Waals surface area contributed by atoms with Crippen LogP contribution in [0.3, 0.4) is 0 Å². The molecule has 0 bridgehead atoms. The number of nitrogens with zero attached hydrogens (tertiary/aromatic N) is 1. The fourth-order valence-corrected chi connectivity index (χ4v) is 4.12. The molecule has 29 heavy (non-hydrogen) atoms. The lowest BCUT2D eigenvalue weighted by Gasteiger charge is -2.29. The molecule has 2 amide bonds. The Labute approximate surface area is 168 Å². The van der Waals surface area contributed by atoms with Gasteiger partial charge < -0.3 is 10.6 Å². The first-order valence-corrected chi connectivity index (χ1v) is 9.76. The van der Waals surface area contributed by atoms with E-state index in [-0.39, 0.29) is 10.9 Å². The second-order valence-electron chi connectivity index (χ2n) is 7.53. The molecule has 1 aliphatic rings. The highest BCUT2D eigenvalue weighted by Crippen LogP contribution is 2.40. The number of pyridine rings is 1. The minimum absolute atomic E-state index is 0.126. The summed E-state index contributed by atoms with van der Waals surface area (Å²) in [5.41, 5.74) is 1.64. The van der Waals surface area contributed by atoms with Crippen LogP contribution in [0.4, 0.5) is 10.1 Å². The number of hydrogen-bond acceptors (Lipinski definition) is 3. The van der Waals surface area contributed by atoms with Crippen molar-refractivity contribution >= 4 is 28.4 Å². The number of carbonyl (C=O) groups is 2. The highest BCUT2D eigenvalue weighted by atomic mass is 19.1. The van der Waals surface area contributed by atoms with E-state index in [2.05, 4.69) is 27.8 Å². The summed E-state index contributed by atoms with van der Waals surface area (Å²) in [6.45, 7) is 0.421. The summed E-state index contributed by atoms with van der Waals surface area (Å²) in [6, 6.07) is 16.3. The summed E-state index contributed by atoms with van der Waals surface area (Å²) in [6.07, 6.45) is 5.53. The third-order valence-electron chi connectivity index (χ3n) is 5.66. The molecule has 3 aromatic rings. The monoisotopic (exact) mass is 391 g/mol. The molecule has 2 aromatic carbocycles. The van der Waals surface area contributed by atoms with E-state index in [1.807, 2.05) is 18.2 Å². The average molecular weight is 391 g/mol. The van der Waals surface area contributed by atoms with Gasteiger partial charge in [-0.25, -0.2) is 4.39 Å². The lowest BCUT2D eigenvalue weighted by molar-refractivity contribution is -0.136. The Balaban J connectivity index is 1.42. The van der Waals surface area contributed by atoms with Gasteiger partial charge in [0.05, 0.1) is 11.9 Å². The van der Waals surface area contributed by atoms with Crippen molar-refractivity contribution in [2.45, 2.75) is 31.1 Å². The molecule has 0 radical (unpaired) electrons. The molecule has 0 aliphatic heterocycles. The Kier molecular flexibility index (Phi) is 5.25. The molecule has 4 rings (SSSR count). The van der Waals surface area contributed by atoms with Crippen LogP contribution in [0.1, 0.15) is 31.2 Å². The Bertz CT molecular complexity index is 1050. The summed E-state index contributed by atoms with van der Waals surface area (Å²) in [5.74, 6) is -1.88. The molecule has 2 N–H and O–H groups in total. The highest BCUT2D eigenvalue weighted by molar-refractivity contribution is 6.39. The summed E-state index contributed by atoms with van der Waals surface area (Å²) in [5, 5.41) is 5.90. The Morgan fingerprint density at radius 1 is 1.00 bits per heavy atom. The van der Waals surface area contributed by atoms with Gasteiger partial charge in [-0.3, -0.25) is 14.6 Å². The van der Waals surface area contributed by atoms with Crippen molar-refractivity contribution in [1.82, 2.24) is 10.3 Å². The number of fused-ring (bicyclic) bond motifs is 1. The molecular weight excluding hydrogens is 369 g/mol. The van der Waals surface area contributed by atoms with Crippen molar-refractivity contribution in [3.8, 4) is 0 Å². The zero-order chi connectivity index (χ0) is 20.3. The van der Waals surface area contributed by atoms with Gasteiger partial charge in [0.15, 0.2) is 0 Å². The van der Waals surface area contributed by atoms with Gasteiger partial charge in [-0.2, -0.15) is 0 Å². The van der Waals surface area contributed by atoms with Gasteiger partial charge in [0.25, 0.3) is 0 Å². The smallest absolute Gasteiger partial charge is 0.313 e. The lowest BCUT2D eigenvalue weighted by Crippen LogP contribution is -2.43. The normalized spacial score (nSPS) is 15.2. The number of nitrogens with one attached hydrogen (secondary N) is 2. The fraction of sp³-hybridized carbons (Fsp3) is 0.261. The molecule has 148 valence electrons. The Morgan fingerprint density at radius 3 is 2.52 bits per heavy atom. The molecule has 0 spiro atoms. The van der Waals surface area contributed by atoms with Crippen LogP contribution in [0.15, 0.2) is 60.8 Å². The number of rotatable bonds is 4. The van der Waals surface area contributed by atoms with Gasteiger partial charge >= 0.3 is 11.8 Å². The molecule has 0 atom stereocenters. The quantitative estimate of drug-likeness (QED) is 0.662. The van der Waals surface area contributed by atoms with Gasteiger partial charge in [-0.05, 0) is 30.5 Å². The first-order chi connectivity index (χ1) is 14.1. The minimum Gasteiger partial charge on any atom is -0.347 e. The number of anilines is 1. The molecule has 1 saturated carbocycles. The van der Waals surface area contributed by atoms with Gasteiger partial charge in [0.2, 0.25) is 0 Å². The third-order valence-corrected chi connectivity index (χ3v) is 5.66. The predicted molar refractivity (Wildman–Crippen MR) is 110 cm³/mol.